The van der Waals surface area contributed by atoms with Crippen molar-refractivity contribution in [3.05, 3.63) is 0 Å². The van der Waals surface area contributed by atoms with Crippen LogP contribution in [0.5, 0.6) is 0 Å². The molecular weight excluding hydrogens is 304 g/mol. The molecule has 11 heteroatoms. The molecule has 7 N–H and O–H groups in total. The average molecular weight is 326 g/mol. The van der Waals surface area contributed by atoms with Gasteiger partial charge in [0.05, 0.1) is 25.7 Å². The van der Waals surface area contributed by atoms with Gasteiger partial charge in [-0.05, 0) is 6.42 Å². The summed E-state index contributed by atoms with van der Waals surface area (Å²) in [5, 5.41) is 49.0. The van der Waals surface area contributed by atoms with Gasteiger partial charge in [0.1, 0.15) is 6.04 Å². The van der Waals surface area contributed by atoms with E-state index in [1.54, 1.807) is 0 Å². The molecule has 0 rings (SSSR count). The van der Waals surface area contributed by atoms with E-state index >= 15 is 0 Å². The highest BCUT2D eigenvalue weighted by atomic mass is 17.1. The zero-order valence-electron chi connectivity index (χ0n) is 11.8. The van der Waals surface area contributed by atoms with Crippen molar-refractivity contribution in [2.75, 3.05) is 26.3 Å². The highest BCUT2D eigenvalue weighted by Crippen LogP contribution is 1.96. The molecule has 0 aromatic heterocycles. The molecule has 0 aliphatic heterocycles. The first-order valence-electron chi connectivity index (χ1n) is 6.52. The molecule has 0 amide bonds. The number of hydrogen-bond donors (Lipinski definition) is 7. The summed E-state index contributed by atoms with van der Waals surface area (Å²) in [5.74, 6) is -2.59. The van der Waals surface area contributed by atoms with Crippen LogP contribution in [0, 0.1) is 0 Å². The summed E-state index contributed by atoms with van der Waals surface area (Å²) in [7, 11) is 0. The first-order chi connectivity index (χ1) is 10.4. The average Bonchev–Trinajstić information content (AvgIpc) is 2.45. The van der Waals surface area contributed by atoms with Gasteiger partial charge in [0.25, 0.3) is 0 Å². The van der Waals surface area contributed by atoms with Gasteiger partial charge in [-0.2, -0.15) is 0 Å². The number of carboxylic acids is 2. The Kier molecular flexibility index (Phi) is 11.5. The molecule has 0 spiro atoms. The number of aliphatic hydroxyl groups is 1. The minimum atomic E-state index is -1.32. The molecule has 0 bridgehead atoms. The van der Waals surface area contributed by atoms with Crippen LogP contribution in [-0.4, -0.2) is 82.3 Å². The van der Waals surface area contributed by atoms with E-state index in [0.717, 1.165) is 0 Å². The molecule has 3 unspecified atom stereocenters. The standard InChI is InChI=1S/C11H22N2O9/c14-8(4-12-7(6-22-20)1-2-21-19)5-13-9(11(17)18)3-10(15)16/h7-9,12-14,19-20H,1-6H2,(H,15,16)(H,17,18). The van der Waals surface area contributed by atoms with Crippen LogP contribution in [0.2, 0.25) is 0 Å². The molecule has 11 nitrogen and oxygen atoms in total. The minimum Gasteiger partial charge on any atom is -0.481 e. The third kappa shape index (κ3) is 10.4. The largest absolute Gasteiger partial charge is 0.481 e. The molecule has 0 aromatic carbocycles. The van der Waals surface area contributed by atoms with Crippen LogP contribution in [0.1, 0.15) is 12.8 Å². The van der Waals surface area contributed by atoms with Gasteiger partial charge in [0, 0.05) is 19.1 Å². The number of carbonyl (C=O) groups is 2. The van der Waals surface area contributed by atoms with Gasteiger partial charge < -0.3 is 26.0 Å². The fourth-order valence-electron chi connectivity index (χ4n) is 1.60. The maximum atomic E-state index is 10.8. The van der Waals surface area contributed by atoms with E-state index in [1.807, 2.05) is 0 Å². The predicted octanol–water partition coefficient (Wildman–Crippen LogP) is -1.81. The molecule has 0 saturated heterocycles. The van der Waals surface area contributed by atoms with Crippen LogP contribution in [0.25, 0.3) is 0 Å². The summed E-state index contributed by atoms with van der Waals surface area (Å²) < 4.78 is 0. The van der Waals surface area contributed by atoms with E-state index in [-0.39, 0.29) is 26.3 Å². The second-order valence-electron chi connectivity index (χ2n) is 4.57. The lowest BCUT2D eigenvalue weighted by Crippen LogP contribution is -2.46. The smallest absolute Gasteiger partial charge is 0.321 e. The fraction of sp³-hybridized carbons (Fsp3) is 0.818. The van der Waals surface area contributed by atoms with Gasteiger partial charge in [0.2, 0.25) is 0 Å². The molecule has 130 valence electrons. The topological polar surface area (TPSA) is 178 Å². The number of nitrogens with one attached hydrogen (secondary N) is 2. The molecule has 0 heterocycles. The minimum absolute atomic E-state index is 0.00489. The molecule has 0 saturated carbocycles. The third-order valence-electron chi connectivity index (χ3n) is 2.75. The summed E-state index contributed by atoms with van der Waals surface area (Å²) in [5.41, 5.74) is 0. The molecule has 0 aliphatic rings. The van der Waals surface area contributed by atoms with Crippen LogP contribution < -0.4 is 10.6 Å². The van der Waals surface area contributed by atoms with Crippen molar-refractivity contribution in [1.82, 2.24) is 10.6 Å². The van der Waals surface area contributed by atoms with Crippen molar-refractivity contribution in [3.8, 4) is 0 Å². The SMILES string of the molecule is O=C(O)CC(NCC(O)CNC(CCOO)COO)C(=O)O. The van der Waals surface area contributed by atoms with E-state index in [1.165, 1.54) is 0 Å². The summed E-state index contributed by atoms with van der Waals surface area (Å²) in [6.45, 7) is -0.207. The molecule has 0 radical (unpaired) electrons. The van der Waals surface area contributed by atoms with Crippen molar-refractivity contribution in [1.29, 1.82) is 0 Å². The number of aliphatic carboxylic acids is 2. The van der Waals surface area contributed by atoms with Gasteiger partial charge in [-0.15, -0.1) is 0 Å². The Morgan fingerprint density at radius 1 is 1.05 bits per heavy atom. The summed E-state index contributed by atoms with van der Waals surface area (Å²) in [6, 6.07) is -1.70. The first-order valence-corrected chi connectivity index (χ1v) is 6.52. The monoisotopic (exact) mass is 326 g/mol. The number of hydrogen-bond acceptors (Lipinski definition) is 9. The Hall–Kier alpha value is -1.34. The Bertz CT molecular complexity index is 329. The number of rotatable bonds is 14. The fourth-order valence-corrected chi connectivity index (χ4v) is 1.60. The highest BCUT2D eigenvalue weighted by Gasteiger charge is 2.21. The van der Waals surface area contributed by atoms with Gasteiger partial charge >= 0.3 is 11.9 Å². The van der Waals surface area contributed by atoms with Crippen molar-refractivity contribution in [2.24, 2.45) is 0 Å². The number of aliphatic hydroxyl groups excluding tert-OH is 1. The number of carboxylic acid groups (broad SMARTS) is 2. The van der Waals surface area contributed by atoms with E-state index in [2.05, 4.69) is 20.4 Å². The Labute approximate surface area is 126 Å². The Morgan fingerprint density at radius 2 is 1.68 bits per heavy atom. The first kappa shape index (κ1) is 20.7. The van der Waals surface area contributed by atoms with Gasteiger partial charge in [0.15, 0.2) is 0 Å². The van der Waals surface area contributed by atoms with Gasteiger partial charge in [-0.1, -0.05) is 0 Å². The predicted molar refractivity (Wildman–Crippen MR) is 71.3 cm³/mol. The van der Waals surface area contributed by atoms with Crippen LogP contribution in [0.15, 0.2) is 0 Å². The van der Waals surface area contributed by atoms with Crippen molar-refractivity contribution in [3.63, 3.8) is 0 Å². The van der Waals surface area contributed by atoms with Crippen molar-refractivity contribution >= 4 is 11.9 Å². The Morgan fingerprint density at radius 3 is 2.18 bits per heavy atom. The molecule has 0 aromatic rings. The molecular formula is C11H22N2O9. The third-order valence-corrected chi connectivity index (χ3v) is 2.75. The van der Waals surface area contributed by atoms with Crippen LogP contribution in [0.3, 0.4) is 0 Å². The summed E-state index contributed by atoms with van der Waals surface area (Å²) in [4.78, 5) is 29.2. The van der Waals surface area contributed by atoms with Crippen LogP contribution in [0.4, 0.5) is 0 Å². The molecule has 0 fully saturated rings. The van der Waals surface area contributed by atoms with E-state index < -0.39 is 36.5 Å². The van der Waals surface area contributed by atoms with Crippen molar-refractivity contribution < 1.29 is 45.2 Å². The quantitative estimate of drug-likeness (QED) is 0.141. The second-order valence-corrected chi connectivity index (χ2v) is 4.57. The maximum Gasteiger partial charge on any atom is 0.321 e. The van der Waals surface area contributed by atoms with E-state index in [4.69, 9.17) is 20.7 Å². The lowest BCUT2D eigenvalue weighted by atomic mass is 10.2. The molecule has 3 atom stereocenters. The molecule has 0 aliphatic carbocycles. The summed E-state index contributed by atoms with van der Waals surface area (Å²) in [6.07, 6.45) is -1.30. The normalized spacial score (nSPS) is 15.2. The zero-order valence-corrected chi connectivity index (χ0v) is 11.8. The highest BCUT2D eigenvalue weighted by molar-refractivity contribution is 5.80. The van der Waals surface area contributed by atoms with Crippen molar-refractivity contribution in [2.45, 2.75) is 31.0 Å². The Balaban J connectivity index is 4.10. The second kappa shape index (κ2) is 12.2. The molecule has 22 heavy (non-hydrogen) atoms. The maximum absolute atomic E-state index is 10.8. The van der Waals surface area contributed by atoms with E-state index in [9.17, 15) is 14.7 Å². The zero-order chi connectivity index (χ0) is 17.0. The van der Waals surface area contributed by atoms with Gasteiger partial charge in [-0.3, -0.25) is 20.1 Å². The summed E-state index contributed by atoms with van der Waals surface area (Å²) >= 11 is 0. The van der Waals surface area contributed by atoms with E-state index in [0.29, 0.717) is 6.42 Å². The lowest BCUT2D eigenvalue weighted by Gasteiger charge is -2.20. The van der Waals surface area contributed by atoms with Crippen LogP contribution in [-0.2, 0) is 19.4 Å². The van der Waals surface area contributed by atoms with Gasteiger partial charge in [-0.25, -0.2) is 9.78 Å². The lowest BCUT2D eigenvalue weighted by molar-refractivity contribution is -0.257. The van der Waals surface area contributed by atoms with Crippen LogP contribution >= 0.6 is 0 Å².